The monoisotopic (exact) mass is 428 g/mol. The van der Waals surface area contributed by atoms with Gasteiger partial charge in [-0.2, -0.15) is 0 Å². The highest BCUT2D eigenvalue weighted by Crippen LogP contribution is 2.19. The second kappa shape index (κ2) is 11.3. The lowest BCUT2D eigenvalue weighted by Gasteiger charge is -2.30. The van der Waals surface area contributed by atoms with E-state index >= 15 is 0 Å². The zero-order valence-electron chi connectivity index (χ0n) is 18.4. The smallest absolute Gasteiger partial charge is 0.326 e. The Morgan fingerprint density at radius 1 is 1.10 bits per heavy atom. The van der Waals surface area contributed by atoms with Gasteiger partial charge in [-0.25, -0.2) is 4.79 Å². The number of aliphatic hydroxyl groups excluding tert-OH is 1. The highest BCUT2D eigenvalue weighted by atomic mass is 16.4. The molecule has 0 aromatic heterocycles. The van der Waals surface area contributed by atoms with Crippen molar-refractivity contribution in [2.75, 3.05) is 6.54 Å². The lowest BCUT2D eigenvalue weighted by atomic mass is 10.00. The summed E-state index contributed by atoms with van der Waals surface area (Å²) in [6, 6.07) is -3.92. The first-order valence-corrected chi connectivity index (χ1v) is 10.4. The van der Waals surface area contributed by atoms with Crippen LogP contribution in [0.15, 0.2) is 0 Å². The van der Waals surface area contributed by atoms with Crippen LogP contribution in [0.1, 0.15) is 53.9 Å². The van der Waals surface area contributed by atoms with Crippen molar-refractivity contribution in [3.8, 4) is 0 Å². The number of carboxylic acids is 1. The van der Waals surface area contributed by atoms with Gasteiger partial charge in [0.1, 0.15) is 24.2 Å². The Labute approximate surface area is 177 Å². The molecule has 0 radical (unpaired) electrons. The minimum Gasteiger partial charge on any atom is -0.480 e. The standard InChI is InChI=1S/C20H36N4O6/c1-10(2)9-13(20(29)30)22-18(27)16(11(3)4)23-17(26)14-7-6-8-24(14)19(28)15(21)12(5)25/h10-16,25H,6-9,21H2,1-5H3,(H,22,27)(H,23,26)(H,29,30). The molecule has 5 atom stereocenters. The SMILES string of the molecule is CC(C)CC(NC(=O)C(NC(=O)C1CCCN1C(=O)C(N)C(C)O)C(C)C)C(=O)O. The van der Waals surface area contributed by atoms with Crippen LogP contribution in [-0.4, -0.2) is 75.6 Å². The maximum Gasteiger partial charge on any atom is 0.326 e. The fraction of sp³-hybridized carbons (Fsp3) is 0.800. The molecule has 1 fully saturated rings. The van der Waals surface area contributed by atoms with Gasteiger partial charge in [-0.3, -0.25) is 14.4 Å². The Kier molecular flexibility index (Phi) is 9.70. The number of nitrogens with one attached hydrogen (secondary N) is 2. The molecular formula is C20H36N4O6. The van der Waals surface area contributed by atoms with Crippen molar-refractivity contribution in [2.45, 2.75) is 84.2 Å². The second-order valence-corrected chi connectivity index (χ2v) is 8.72. The predicted octanol–water partition coefficient (Wildman–Crippen LogP) is -0.558. The van der Waals surface area contributed by atoms with Crippen molar-refractivity contribution < 1.29 is 29.4 Å². The summed E-state index contributed by atoms with van der Waals surface area (Å²) >= 11 is 0. The predicted molar refractivity (Wildman–Crippen MR) is 110 cm³/mol. The van der Waals surface area contributed by atoms with Crippen molar-refractivity contribution in [1.29, 1.82) is 0 Å². The summed E-state index contributed by atoms with van der Waals surface area (Å²) in [4.78, 5) is 50.9. The van der Waals surface area contributed by atoms with E-state index in [0.29, 0.717) is 19.4 Å². The molecule has 0 aromatic carbocycles. The number of carboxylic acid groups (broad SMARTS) is 1. The highest BCUT2D eigenvalue weighted by Gasteiger charge is 2.39. The van der Waals surface area contributed by atoms with Crippen molar-refractivity contribution in [3.05, 3.63) is 0 Å². The summed E-state index contributed by atoms with van der Waals surface area (Å²) in [6.07, 6.45) is 0.235. The van der Waals surface area contributed by atoms with Gasteiger partial charge in [0.25, 0.3) is 0 Å². The minimum absolute atomic E-state index is 0.0645. The van der Waals surface area contributed by atoms with Crippen LogP contribution >= 0.6 is 0 Å². The maximum atomic E-state index is 12.9. The first-order chi connectivity index (χ1) is 13.9. The minimum atomic E-state index is -1.13. The maximum absolute atomic E-state index is 12.9. The first kappa shape index (κ1) is 25.8. The lowest BCUT2D eigenvalue weighted by Crippen LogP contribution is -2.58. The van der Waals surface area contributed by atoms with E-state index in [9.17, 15) is 29.4 Å². The molecule has 6 N–H and O–H groups in total. The van der Waals surface area contributed by atoms with Gasteiger partial charge in [-0.15, -0.1) is 0 Å². The third kappa shape index (κ3) is 6.94. The van der Waals surface area contributed by atoms with Crippen LogP contribution in [0.3, 0.4) is 0 Å². The molecule has 1 rings (SSSR count). The second-order valence-electron chi connectivity index (χ2n) is 8.72. The fourth-order valence-electron chi connectivity index (χ4n) is 3.44. The van der Waals surface area contributed by atoms with E-state index in [4.69, 9.17) is 5.73 Å². The Balaban J connectivity index is 2.89. The zero-order chi connectivity index (χ0) is 23.2. The third-order valence-corrected chi connectivity index (χ3v) is 5.21. The van der Waals surface area contributed by atoms with Crippen molar-refractivity contribution in [1.82, 2.24) is 15.5 Å². The van der Waals surface area contributed by atoms with Crippen LogP contribution in [0.2, 0.25) is 0 Å². The van der Waals surface area contributed by atoms with E-state index < -0.39 is 54.0 Å². The molecular weight excluding hydrogens is 392 g/mol. The average molecular weight is 429 g/mol. The Bertz CT molecular complexity index is 637. The fourth-order valence-corrected chi connectivity index (χ4v) is 3.44. The summed E-state index contributed by atoms with van der Waals surface area (Å²) in [7, 11) is 0. The van der Waals surface area contributed by atoms with E-state index in [1.807, 2.05) is 13.8 Å². The molecule has 10 nitrogen and oxygen atoms in total. The van der Waals surface area contributed by atoms with Gasteiger partial charge in [0.15, 0.2) is 0 Å². The summed E-state index contributed by atoms with van der Waals surface area (Å²) in [5, 5.41) is 24.1. The van der Waals surface area contributed by atoms with E-state index in [1.165, 1.54) is 11.8 Å². The number of carbonyl (C=O) groups is 4. The summed E-state index contributed by atoms with van der Waals surface area (Å²) in [6.45, 7) is 8.93. The number of nitrogens with two attached hydrogens (primary N) is 1. The van der Waals surface area contributed by atoms with Crippen LogP contribution < -0.4 is 16.4 Å². The Morgan fingerprint density at radius 3 is 2.17 bits per heavy atom. The average Bonchev–Trinajstić information content (AvgIpc) is 3.12. The molecule has 3 amide bonds. The van der Waals surface area contributed by atoms with Gasteiger partial charge in [0.2, 0.25) is 17.7 Å². The molecule has 1 heterocycles. The van der Waals surface area contributed by atoms with Crippen LogP contribution in [-0.2, 0) is 19.2 Å². The number of amides is 3. The van der Waals surface area contributed by atoms with Gasteiger partial charge in [-0.1, -0.05) is 27.7 Å². The summed E-state index contributed by atoms with van der Waals surface area (Å²) in [5.74, 6) is -2.96. The number of hydrogen-bond donors (Lipinski definition) is 5. The number of aliphatic hydroxyl groups is 1. The van der Waals surface area contributed by atoms with Crippen LogP contribution in [0.25, 0.3) is 0 Å². The summed E-state index contributed by atoms with van der Waals surface area (Å²) < 4.78 is 0. The number of hydrogen-bond acceptors (Lipinski definition) is 6. The third-order valence-electron chi connectivity index (χ3n) is 5.21. The molecule has 0 bridgehead atoms. The van der Waals surface area contributed by atoms with Crippen molar-refractivity contribution >= 4 is 23.7 Å². The van der Waals surface area contributed by atoms with Crippen molar-refractivity contribution in [3.63, 3.8) is 0 Å². The van der Waals surface area contributed by atoms with Crippen LogP contribution in [0.4, 0.5) is 0 Å². The molecule has 0 spiro atoms. The van der Waals surface area contributed by atoms with Crippen LogP contribution in [0.5, 0.6) is 0 Å². The van der Waals surface area contributed by atoms with E-state index in [2.05, 4.69) is 10.6 Å². The molecule has 30 heavy (non-hydrogen) atoms. The van der Waals surface area contributed by atoms with Gasteiger partial charge < -0.3 is 31.5 Å². The first-order valence-electron chi connectivity index (χ1n) is 10.4. The number of rotatable bonds is 10. The molecule has 5 unspecified atom stereocenters. The topological polar surface area (TPSA) is 162 Å². The highest BCUT2D eigenvalue weighted by molar-refractivity contribution is 5.94. The largest absolute Gasteiger partial charge is 0.480 e. The van der Waals surface area contributed by atoms with E-state index in [1.54, 1.807) is 13.8 Å². The normalized spacial score (nSPS) is 20.6. The molecule has 1 saturated heterocycles. The number of likely N-dealkylation sites (tertiary alicyclic amines) is 1. The molecule has 10 heteroatoms. The quantitative estimate of drug-likeness (QED) is 0.311. The molecule has 1 aliphatic heterocycles. The molecule has 0 aromatic rings. The molecule has 172 valence electrons. The summed E-state index contributed by atoms with van der Waals surface area (Å²) in [5.41, 5.74) is 5.73. The molecule has 0 aliphatic carbocycles. The van der Waals surface area contributed by atoms with Gasteiger partial charge in [0.05, 0.1) is 6.10 Å². The number of aliphatic carboxylic acids is 1. The zero-order valence-corrected chi connectivity index (χ0v) is 18.4. The Hall–Kier alpha value is -2.20. The van der Waals surface area contributed by atoms with E-state index in [-0.39, 0.29) is 18.3 Å². The van der Waals surface area contributed by atoms with E-state index in [0.717, 1.165) is 0 Å². The van der Waals surface area contributed by atoms with Crippen LogP contribution in [0, 0.1) is 11.8 Å². The number of nitrogens with zero attached hydrogens (tertiary/aromatic N) is 1. The van der Waals surface area contributed by atoms with Gasteiger partial charge >= 0.3 is 5.97 Å². The Morgan fingerprint density at radius 2 is 1.70 bits per heavy atom. The lowest BCUT2D eigenvalue weighted by molar-refractivity contribution is -0.144. The van der Waals surface area contributed by atoms with Gasteiger partial charge in [-0.05, 0) is 38.0 Å². The van der Waals surface area contributed by atoms with Gasteiger partial charge in [0, 0.05) is 6.54 Å². The van der Waals surface area contributed by atoms with Crippen molar-refractivity contribution in [2.24, 2.45) is 17.6 Å². The molecule has 1 aliphatic rings. The number of carbonyl (C=O) groups excluding carboxylic acids is 3. The molecule has 0 saturated carbocycles.